The maximum absolute atomic E-state index is 13.4. The second-order valence-electron chi connectivity index (χ2n) is 5.29. The van der Waals surface area contributed by atoms with Gasteiger partial charge in [0.2, 0.25) is 5.91 Å². The Hall–Kier alpha value is -2.16. The van der Waals surface area contributed by atoms with E-state index in [0.29, 0.717) is 24.9 Å². The lowest BCUT2D eigenvalue weighted by molar-refractivity contribution is -0.120. The van der Waals surface area contributed by atoms with E-state index in [0.717, 1.165) is 5.56 Å². The molecule has 0 aliphatic rings. The first-order chi connectivity index (χ1) is 10.1. The molecule has 0 bridgehead atoms. The van der Waals surface area contributed by atoms with E-state index in [1.807, 2.05) is 32.0 Å². The molecule has 0 unspecified atom stereocenters. The second kappa shape index (κ2) is 7.02. The Morgan fingerprint density at radius 1 is 1.10 bits per heavy atom. The standard InChI is InChI=1S/C18H20FNO/c1-13-7-8-15(11-14(13)2)12-18(21)20-10-9-16-5-3-4-6-17(16)19/h3-8,11H,9-10,12H2,1-2H3,(H,20,21). The van der Waals surface area contributed by atoms with E-state index in [-0.39, 0.29) is 11.7 Å². The van der Waals surface area contributed by atoms with Crippen LogP contribution in [0.3, 0.4) is 0 Å². The Kier molecular flexibility index (Phi) is 5.09. The maximum Gasteiger partial charge on any atom is 0.224 e. The number of amides is 1. The summed E-state index contributed by atoms with van der Waals surface area (Å²) in [7, 11) is 0. The van der Waals surface area contributed by atoms with Crippen LogP contribution in [0.5, 0.6) is 0 Å². The lowest BCUT2D eigenvalue weighted by Crippen LogP contribution is -2.27. The zero-order valence-corrected chi connectivity index (χ0v) is 12.4. The molecule has 0 heterocycles. The molecule has 0 fully saturated rings. The monoisotopic (exact) mass is 285 g/mol. The van der Waals surface area contributed by atoms with Crippen molar-refractivity contribution in [1.82, 2.24) is 5.32 Å². The van der Waals surface area contributed by atoms with Gasteiger partial charge in [0.05, 0.1) is 6.42 Å². The van der Waals surface area contributed by atoms with Crippen molar-refractivity contribution in [2.75, 3.05) is 6.54 Å². The molecule has 1 amide bonds. The maximum atomic E-state index is 13.4. The number of carbonyl (C=O) groups is 1. The molecular weight excluding hydrogens is 265 g/mol. The minimum absolute atomic E-state index is 0.0328. The summed E-state index contributed by atoms with van der Waals surface area (Å²) in [5, 5.41) is 2.84. The third-order valence-corrected chi connectivity index (χ3v) is 3.61. The molecule has 2 nitrogen and oxygen atoms in total. The molecule has 2 rings (SSSR count). The number of halogens is 1. The fourth-order valence-electron chi connectivity index (χ4n) is 2.20. The largest absolute Gasteiger partial charge is 0.355 e. The first-order valence-electron chi connectivity index (χ1n) is 7.12. The van der Waals surface area contributed by atoms with Crippen molar-refractivity contribution in [3.63, 3.8) is 0 Å². The van der Waals surface area contributed by atoms with Gasteiger partial charge in [0.1, 0.15) is 5.82 Å². The van der Waals surface area contributed by atoms with E-state index in [9.17, 15) is 9.18 Å². The van der Waals surface area contributed by atoms with Crippen LogP contribution in [0, 0.1) is 19.7 Å². The van der Waals surface area contributed by atoms with Gasteiger partial charge in [-0.15, -0.1) is 0 Å². The fourth-order valence-corrected chi connectivity index (χ4v) is 2.20. The van der Waals surface area contributed by atoms with Crippen molar-refractivity contribution in [3.8, 4) is 0 Å². The summed E-state index contributed by atoms with van der Waals surface area (Å²) in [5.74, 6) is -0.254. The van der Waals surface area contributed by atoms with Crippen LogP contribution in [0.4, 0.5) is 4.39 Å². The van der Waals surface area contributed by atoms with E-state index >= 15 is 0 Å². The molecule has 2 aromatic carbocycles. The topological polar surface area (TPSA) is 29.1 Å². The van der Waals surface area contributed by atoms with Crippen molar-refractivity contribution in [1.29, 1.82) is 0 Å². The quantitative estimate of drug-likeness (QED) is 0.897. The van der Waals surface area contributed by atoms with Crippen LogP contribution < -0.4 is 5.32 Å². The van der Waals surface area contributed by atoms with Crippen molar-refractivity contribution >= 4 is 5.91 Å². The molecule has 0 aliphatic heterocycles. The van der Waals surface area contributed by atoms with Crippen molar-refractivity contribution in [2.24, 2.45) is 0 Å². The summed E-state index contributed by atoms with van der Waals surface area (Å²) < 4.78 is 13.4. The summed E-state index contributed by atoms with van der Waals surface area (Å²) in [4.78, 5) is 11.9. The molecule has 0 radical (unpaired) electrons. The third kappa shape index (κ3) is 4.42. The molecule has 1 N–H and O–H groups in total. The molecule has 2 aromatic rings. The Morgan fingerprint density at radius 2 is 1.86 bits per heavy atom. The van der Waals surface area contributed by atoms with Gasteiger partial charge in [0, 0.05) is 6.54 Å². The molecule has 0 atom stereocenters. The minimum atomic E-state index is -0.221. The summed E-state index contributed by atoms with van der Waals surface area (Å²) >= 11 is 0. The first kappa shape index (κ1) is 15.2. The predicted molar refractivity (Wildman–Crippen MR) is 82.7 cm³/mol. The van der Waals surface area contributed by atoms with Gasteiger partial charge in [0.15, 0.2) is 0 Å². The summed E-state index contributed by atoms with van der Waals surface area (Å²) in [5.41, 5.74) is 4.04. The Labute approximate surface area is 125 Å². The van der Waals surface area contributed by atoms with Crippen LogP contribution in [0.25, 0.3) is 0 Å². The number of carbonyl (C=O) groups excluding carboxylic acids is 1. The van der Waals surface area contributed by atoms with E-state index in [4.69, 9.17) is 0 Å². The van der Waals surface area contributed by atoms with E-state index in [2.05, 4.69) is 5.32 Å². The van der Waals surface area contributed by atoms with Crippen LogP contribution in [0.2, 0.25) is 0 Å². The number of aryl methyl sites for hydroxylation is 2. The number of hydrogen-bond acceptors (Lipinski definition) is 1. The van der Waals surface area contributed by atoms with Gasteiger partial charge in [-0.1, -0.05) is 36.4 Å². The Morgan fingerprint density at radius 3 is 2.57 bits per heavy atom. The molecule has 0 aromatic heterocycles. The summed E-state index contributed by atoms with van der Waals surface area (Å²) in [6.07, 6.45) is 0.865. The summed E-state index contributed by atoms with van der Waals surface area (Å²) in [6.45, 7) is 4.53. The highest BCUT2D eigenvalue weighted by Gasteiger charge is 2.05. The second-order valence-corrected chi connectivity index (χ2v) is 5.29. The number of hydrogen-bond donors (Lipinski definition) is 1. The normalized spacial score (nSPS) is 10.4. The Balaban J connectivity index is 1.82. The highest BCUT2D eigenvalue weighted by Crippen LogP contribution is 2.10. The van der Waals surface area contributed by atoms with Gasteiger partial charge in [0.25, 0.3) is 0 Å². The lowest BCUT2D eigenvalue weighted by Gasteiger charge is -2.07. The SMILES string of the molecule is Cc1ccc(CC(=O)NCCc2ccccc2F)cc1C. The molecule has 0 saturated carbocycles. The van der Waals surface area contributed by atoms with E-state index in [1.165, 1.54) is 17.2 Å². The average molecular weight is 285 g/mol. The average Bonchev–Trinajstić information content (AvgIpc) is 2.45. The molecule has 21 heavy (non-hydrogen) atoms. The molecule has 0 aliphatic carbocycles. The smallest absolute Gasteiger partial charge is 0.224 e. The minimum Gasteiger partial charge on any atom is -0.355 e. The van der Waals surface area contributed by atoms with Crippen LogP contribution in [-0.2, 0) is 17.6 Å². The predicted octanol–water partition coefficient (Wildman–Crippen LogP) is 3.34. The molecule has 0 spiro atoms. The highest BCUT2D eigenvalue weighted by atomic mass is 19.1. The molecule has 110 valence electrons. The summed E-state index contributed by atoms with van der Waals surface area (Å²) in [6, 6.07) is 12.7. The number of nitrogens with one attached hydrogen (secondary N) is 1. The zero-order valence-electron chi connectivity index (χ0n) is 12.4. The Bertz CT molecular complexity index is 637. The zero-order chi connectivity index (χ0) is 15.2. The van der Waals surface area contributed by atoms with Crippen LogP contribution in [-0.4, -0.2) is 12.5 Å². The third-order valence-electron chi connectivity index (χ3n) is 3.61. The van der Waals surface area contributed by atoms with Gasteiger partial charge >= 0.3 is 0 Å². The van der Waals surface area contributed by atoms with Gasteiger partial charge in [-0.05, 0) is 48.6 Å². The van der Waals surface area contributed by atoms with E-state index in [1.54, 1.807) is 18.2 Å². The molecule has 0 saturated heterocycles. The van der Waals surface area contributed by atoms with Crippen LogP contribution >= 0.6 is 0 Å². The number of benzene rings is 2. The van der Waals surface area contributed by atoms with Crippen LogP contribution in [0.15, 0.2) is 42.5 Å². The lowest BCUT2D eigenvalue weighted by atomic mass is 10.0. The van der Waals surface area contributed by atoms with Gasteiger partial charge < -0.3 is 5.32 Å². The van der Waals surface area contributed by atoms with Crippen molar-refractivity contribution in [3.05, 3.63) is 70.5 Å². The fraction of sp³-hybridized carbons (Fsp3) is 0.278. The number of rotatable bonds is 5. The van der Waals surface area contributed by atoms with Crippen molar-refractivity contribution < 1.29 is 9.18 Å². The van der Waals surface area contributed by atoms with Gasteiger partial charge in [-0.25, -0.2) is 4.39 Å². The van der Waals surface area contributed by atoms with Crippen LogP contribution in [0.1, 0.15) is 22.3 Å². The van der Waals surface area contributed by atoms with Gasteiger partial charge in [-0.2, -0.15) is 0 Å². The van der Waals surface area contributed by atoms with E-state index < -0.39 is 0 Å². The molecule has 3 heteroatoms. The highest BCUT2D eigenvalue weighted by molar-refractivity contribution is 5.78. The first-order valence-corrected chi connectivity index (χ1v) is 7.12. The van der Waals surface area contributed by atoms with Gasteiger partial charge in [-0.3, -0.25) is 4.79 Å². The molecular formula is C18H20FNO. The van der Waals surface area contributed by atoms with Crippen molar-refractivity contribution in [2.45, 2.75) is 26.7 Å².